The molecule has 0 atom stereocenters. The molecule has 0 radical (unpaired) electrons. The molecule has 0 N–H and O–H groups in total. The van der Waals surface area contributed by atoms with Crippen molar-refractivity contribution in [2.24, 2.45) is 0 Å². The molecule has 1 aromatic rings. The first-order valence-corrected chi connectivity index (χ1v) is 10.5. The van der Waals surface area contributed by atoms with Gasteiger partial charge >= 0.3 is 0 Å². The Morgan fingerprint density at radius 2 is 1.58 bits per heavy atom. The highest BCUT2D eigenvalue weighted by Gasteiger charge is 2.25. The molecule has 2 aliphatic rings. The highest BCUT2D eigenvalue weighted by atomic mass is 32.2. The summed E-state index contributed by atoms with van der Waals surface area (Å²) in [6.45, 7) is 7.23. The summed E-state index contributed by atoms with van der Waals surface area (Å²) in [5, 5.41) is 0. The molecule has 0 bridgehead atoms. The van der Waals surface area contributed by atoms with Crippen LogP contribution in [0.2, 0.25) is 0 Å². The van der Waals surface area contributed by atoms with Crippen LogP contribution in [-0.4, -0.2) is 72.6 Å². The van der Waals surface area contributed by atoms with Crippen LogP contribution < -0.4 is 4.90 Å². The van der Waals surface area contributed by atoms with Crippen LogP contribution in [0, 0.1) is 0 Å². The fourth-order valence-electron chi connectivity index (χ4n) is 3.29. The maximum absolute atomic E-state index is 11.9. The van der Waals surface area contributed by atoms with Gasteiger partial charge in [-0.15, -0.1) is 0 Å². The maximum atomic E-state index is 11.9. The number of rotatable bonds is 5. The molecule has 24 heavy (non-hydrogen) atoms. The number of aromatic nitrogens is 2. The second kappa shape index (κ2) is 7.76. The van der Waals surface area contributed by atoms with Crippen LogP contribution in [0.3, 0.4) is 0 Å². The quantitative estimate of drug-likeness (QED) is 0.784. The lowest BCUT2D eigenvalue weighted by Gasteiger charge is -2.33. The first kappa shape index (κ1) is 17.6. The number of piperazine rings is 1. The summed E-state index contributed by atoms with van der Waals surface area (Å²) in [7, 11) is -3.06. The summed E-state index contributed by atoms with van der Waals surface area (Å²) < 4.78 is 25.4. The number of nitrogens with zero attached hydrogens (tertiary/aromatic N) is 5. The van der Waals surface area contributed by atoms with Crippen LogP contribution in [0.25, 0.3) is 0 Å². The Kier molecular flexibility index (Phi) is 5.68. The second-order valence-corrected chi connectivity index (χ2v) is 8.77. The molecule has 134 valence electrons. The van der Waals surface area contributed by atoms with E-state index in [0.717, 1.165) is 44.2 Å². The van der Waals surface area contributed by atoms with Gasteiger partial charge in [0.25, 0.3) is 0 Å². The molecular formula is C16H27N5O2S. The standard InChI is InChI=1S/C16H27N5O2S/c1-2-24(22,23)21-10-8-19(9-11-21)14-15-12-17-16(18-13-15)20-6-4-3-5-7-20/h12-13H,2-11,14H2,1H3. The zero-order chi connectivity index (χ0) is 17.0. The lowest BCUT2D eigenvalue weighted by Crippen LogP contribution is -2.48. The van der Waals surface area contributed by atoms with Crippen LogP contribution in [0.15, 0.2) is 12.4 Å². The van der Waals surface area contributed by atoms with Gasteiger partial charge in [0, 0.05) is 63.8 Å². The van der Waals surface area contributed by atoms with Gasteiger partial charge in [-0.25, -0.2) is 18.4 Å². The Bertz CT molecular complexity index is 620. The van der Waals surface area contributed by atoms with Crippen molar-refractivity contribution in [3.8, 4) is 0 Å². The van der Waals surface area contributed by atoms with E-state index in [4.69, 9.17) is 0 Å². The van der Waals surface area contributed by atoms with Crippen LogP contribution >= 0.6 is 0 Å². The lowest BCUT2D eigenvalue weighted by atomic mass is 10.1. The molecule has 0 saturated carbocycles. The third kappa shape index (κ3) is 4.23. The van der Waals surface area contributed by atoms with E-state index in [9.17, 15) is 8.42 Å². The first-order valence-electron chi connectivity index (χ1n) is 8.84. The van der Waals surface area contributed by atoms with E-state index >= 15 is 0 Å². The van der Waals surface area contributed by atoms with Crippen LogP contribution in [-0.2, 0) is 16.6 Å². The Hall–Kier alpha value is -1.25. The predicted octanol–water partition coefficient (Wildman–Crippen LogP) is 0.934. The van der Waals surface area contributed by atoms with Crippen molar-refractivity contribution in [3.05, 3.63) is 18.0 Å². The fourth-order valence-corrected chi connectivity index (χ4v) is 4.38. The number of anilines is 1. The Balaban J connectivity index is 1.52. The second-order valence-electron chi connectivity index (χ2n) is 6.51. The summed E-state index contributed by atoms with van der Waals surface area (Å²) in [6, 6.07) is 0. The first-order chi connectivity index (χ1) is 11.6. The van der Waals surface area contributed by atoms with E-state index in [1.165, 1.54) is 19.3 Å². The molecule has 2 saturated heterocycles. The topological polar surface area (TPSA) is 69.6 Å². The highest BCUT2D eigenvalue weighted by Crippen LogP contribution is 2.16. The third-order valence-corrected chi connectivity index (χ3v) is 6.71. The van der Waals surface area contributed by atoms with Crippen molar-refractivity contribution in [1.29, 1.82) is 0 Å². The summed E-state index contributed by atoms with van der Waals surface area (Å²) in [6.07, 6.45) is 7.55. The zero-order valence-corrected chi connectivity index (χ0v) is 15.2. The zero-order valence-electron chi connectivity index (χ0n) is 14.4. The summed E-state index contributed by atoms with van der Waals surface area (Å²) >= 11 is 0. The van der Waals surface area contributed by atoms with Gasteiger partial charge in [0.2, 0.25) is 16.0 Å². The van der Waals surface area contributed by atoms with E-state index in [1.807, 2.05) is 12.4 Å². The van der Waals surface area contributed by atoms with Gasteiger partial charge in [-0.1, -0.05) is 0 Å². The van der Waals surface area contributed by atoms with Gasteiger partial charge in [-0.3, -0.25) is 4.90 Å². The Labute approximate surface area is 144 Å². The minimum Gasteiger partial charge on any atom is -0.341 e. The van der Waals surface area contributed by atoms with Crippen molar-refractivity contribution >= 4 is 16.0 Å². The smallest absolute Gasteiger partial charge is 0.225 e. The van der Waals surface area contributed by atoms with Gasteiger partial charge in [0.15, 0.2) is 0 Å². The van der Waals surface area contributed by atoms with E-state index < -0.39 is 10.0 Å². The van der Waals surface area contributed by atoms with Gasteiger partial charge in [-0.05, 0) is 26.2 Å². The van der Waals surface area contributed by atoms with Crippen molar-refractivity contribution in [1.82, 2.24) is 19.2 Å². The predicted molar refractivity (Wildman–Crippen MR) is 94.4 cm³/mol. The fraction of sp³-hybridized carbons (Fsp3) is 0.750. The highest BCUT2D eigenvalue weighted by molar-refractivity contribution is 7.89. The number of piperidine rings is 1. The molecule has 0 aliphatic carbocycles. The molecule has 3 heterocycles. The molecule has 2 aliphatic heterocycles. The molecule has 7 nitrogen and oxygen atoms in total. The average Bonchev–Trinajstić information content (AvgIpc) is 2.63. The lowest BCUT2D eigenvalue weighted by molar-refractivity contribution is 0.181. The molecule has 0 aromatic carbocycles. The average molecular weight is 353 g/mol. The van der Waals surface area contributed by atoms with Crippen molar-refractivity contribution in [3.63, 3.8) is 0 Å². The van der Waals surface area contributed by atoms with Gasteiger partial charge in [-0.2, -0.15) is 4.31 Å². The SMILES string of the molecule is CCS(=O)(=O)N1CCN(Cc2cnc(N3CCCCC3)nc2)CC1. The summed E-state index contributed by atoms with van der Waals surface area (Å²) in [5.41, 5.74) is 1.09. The van der Waals surface area contributed by atoms with Crippen molar-refractivity contribution < 1.29 is 8.42 Å². The van der Waals surface area contributed by atoms with E-state index in [1.54, 1.807) is 11.2 Å². The summed E-state index contributed by atoms with van der Waals surface area (Å²) in [5.74, 6) is 1.01. The molecule has 0 spiro atoms. The van der Waals surface area contributed by atoms with Crippen LogP contribution in [0.4, 0.5) is 5.95 Å². The number of hydrogen-bond donors (Lipinski definition) is 0. The largest absolute Gasteiger partial charge is 0.341 e. The molecule has 2 fully saturated rings. The molecular weight excluding hydrogens is 326 g/mol. The normalized spacial score (nSPS) is 21.1. The van der Waals surface area contributed by atoms with E-state index in [0.29, 0.717) is 13.1 Å². The third-order valence-electron chi connectivity index (χ3n) is 4.83. The molecule has 0 unspecified atom stereocenters. The monoisotopic (exact) mass is 353 g/mol. The van der Waals surface area contributed by atoms with Gasteiger partial charge in [0.1, 0.15) is 0 Å². The molecule has 0 amide bonds. The Morgan fingerprint density at radius 1 is 0.958 bits per heavy atom. The van der Waals surface area contributed by atoms with Crippen molar-refractivity contribution in [2.45, 2.75) is 32.7 Å². The molecule has 8 heteroatoms. The number of hydrogen-bond acceptors (Lipinski definition) is 6. The van der Waals surface area contributed by atoms with E-state index in [2.05, 4.69) is 19.8 Å². The van der Waals surface area contributed by atoms with Crippen molar-refractivity contribution in [2.75, 3.05) is 49.9 Å². The Morgan fingerprint density at radius 3 is 2.17 bits per heavy atom. The van der Waals surface area contributed by atoms with Crippen LogP contribution in [0.5, 0.6) is 0 Å². The minimum absolute atomic E-state index is 0.179. The number of sulfonamides is 1. The van der Waals surface area contributed by atoms with Crippen LogP contribution in [0.1, 0.15) is 31.7 Å². The molecule has 3 rings (SSSR count). The van der Waals surface area contributed by atoms with E-state index in [-0.39, 0.29) is 5.75 Å². The summed E-state index contributed by atoms with van der Waals surface area (Å²) in [4.78, 5) is 13.6. The van der Waals surface area contributed by atoms with Gasteiger partial charge in [0.05, 0.1) is 5.75 Å². The minimum atomic E-state index is -3.06. The maximum Gasteiger partial charge on any atom is 0.225 e. The molecule has 1 aromatic heterocycles. The van der Waals surface area contributed by atoms with Gasteiger partial charge < -0.3 is 4.90 Å².